The van der Waals surface area contributed by atoms with Gasteiger partial charge in [-0.15, -0.1) is 0 Å². The number of ether oxygens (including phenoxy) is 1. The third kappa shape index (κ3) is 4.79. The third-order valence-corrected chi connectivity index (χ3v) is 3.63. The van der Waals surface area contributed by atoms with E-state index in [-0.39, 0.29) is 23.9 Å². The highest BCUT2D eigenvalue weighted by atomic mass is 16.5. The van der Waals surface area contributed by atoms with E-state index in [0.717, 1.165) is 12.8 Å². The smallest absolute Gasteiger partial charge is 0.163 e. The molecule has 0 N–H and O–H groups in total. The first-order valence-electron chi connectivity index (χ1n) is 6.75. The lowest BCUT2D eigenvalue weighted by atomic mass is 9.71. The van der Waals surface area contributed by atoms with Crippen LogP contribution in [-0.2, 0) is 9.53 Å². The Morgan fingerprint density at radius 1 is 1.29 bits per heavy atom. The maximum atomic E-state index is 11.8. The predicted molar refractivity (Wildman–Crippen MR) is 71.0 cm³/mol. The summed E-state index contributed by atoms with van der Waals surface area (Å²) in [6.45, 7) is 13.0. The van der Waals surface area contributed by atoms with Gasteiger partial charge in [0.15, 0.2) is 5.78 Å². The van der Waals surface area contributed by atoms with Crippen molar-refractivity contribution in [3.05, 3.63) is 0 Å². The van der Waals surface area contributed by atoms with Gasteiger partial charge >= 0.3 is 0 Å². The Labute approximate surface area is 106 Å². The Kier molecular flexibility index (Phi) is 4.40. The van der Waals surface area contributed by atoms with Crippen LogP contribution in [0.25, 0.3) is 0 Å². The maximum Gasteiger partial charge on any atom is 0.163 e. The topological polar surface area (TPSA) is 26.3 Å². The van der Waals surface area contributed by atoms with Gasteiger partial charge in [0.05, 0.1) is 6.10 Å². The monoisotopic (exact) mass is 240 g/mol. The summed E-state index contributed by atoms with van der Waals surface area (Å²) < 4.78 is 5.83. The highest BCUT2D eigenvalue weighted by molar-refractivity contribution is 5.84. The number of carbonyl (C=O) groups excluding carboxylic acids is 1. The van der Waals surface area contributed by atoms with E-state index in [9.17, 15) is 4.79 Å². The van der Waals surface area contributed by atoms with Crippen LogP contribution in [0.2, 0.25) is 0 Å². The van der Waals surface area contributed by atoms with Gasteiger partial charge in [0, 0.05) is 5.41 Å². The average molecular weight is 240 g/mol. The Morgan fingerprint density at radius 3 is 2.35 bits per heavy atom. The van der Waals surface area contributed by atoms with Crippen LogP contribution in [0.1, 0.15) is 60.8 Å². The summed E-state index contributed by atoms with van der Waals surface area (Å²) in [5.41, 5.74) is 0.0723. The van der Waals surface area contributed by atoms with Crippen molar-refractivity contribution in [1.82, 2.24) is 0 Å². The van der Waals surface area contributed by atoms with Crippen LogP contribution >= 0.6 is 0 Å². The number of carbonyl (C=O) groups is 1. The van der Waals surface area contributed by atoms with E-state index >= 15 is 0 Å². The van der Waals surface area contributed by atoms with Crippen LogP contribution < -0.4 is 0 Å². The van der Waals surface area contributed by atoms with E-state index in [1.807, 2.05) is 20.8 Å². The summed E-state index contributed by atoms with van der Waals surface area (Å²) in [6, 6.07) is 0. The fraction of sp³-hybridized carbons (Fsp3) is 0.933. The van der Waals surface area contributed by atoms with Crippen molar-refractivity contribution in [2.24, 2.45) is 16.7 Å². The predicted octanol–water partition coefficient (Wildman–Crippen LogP) is 3.83. The maximum absolute atomic E-state index is 11.8. The Balaban J connectivity index is 2.45. The van der Waals surface area contributed by atoms with E-state index in [0.29, 0.717) is 11.3 Å². The summed E-state index contributed by atoms with van der Waals surface area (Å²) in [6.07, 6.45) is 3.70. The number of hydrogen-bond acceptors (Lipinski definition) is 2. The fourth-order valence-electron chi connectivity index (χ4n) is 2.80. The molecule has 0 aromatic carbocycles. The molecule has 1 aliphatic rings. The first-order valence-corrected chi connectivity index (χ1v) is 6.75. The molecule has 1 rings (SSSR count). The molecule has 0 aromatic rings. The van der Waals surface area contributed by atoms with Gasteiger partial charge in [-0.05, 0) is 30.6 Å². The minimum absolute atomic E-state index is 0.202. The van der Waals surface area contributed by atoms with Crippen LogP contribution in [0.5, 0.6) is 0 Å². The molecule has 1 aliphatic carbocycles. The zero-order valence-corrected chi connectivity index (χ0v) is 12.3. The van der Waals surface area contributed by atoms with Crippen molar-refractivity contribution < 1.29 is 9.53 Å². The van der Waals surface area contributed by atoms with Crippen LogP contribution in [0.15, 0.2) is 0 Å². The molecular formula is C15H28O2. The fourth-order valence-corrected chi connectivity index (χ4v) is 2.80. The molecule has 0 aliphatic heterocycles. The summed E-state index contributed by atoms with van der Waals surface area (Å²) >= 11 is 0. The summed E-state index contributed by atoms with van der Waals surface area (Å²) in [4.78, 5) is 11.8. The second-order valence-corrected chi connectivity index (χ2v) is 7.52. The molecule has 17 heavy (non-hydrogen) atoms. The second-order valence-electron chi connectivity index (χ2n) is 7.52. The van der Waals surface area contributed by atoms with Crippen molar-refractivity contribution in [3.8, 4) is 0 Å². The lowest BCUT2D eigenvalue weighted by molar-refractivity contribution is -0.135. The minimum atomic E-state index is -0.282. The molecule has 0 aromatic heterocycles. The summed E-state index contributed by atoms with van der Waals surface area (Å²) in [5, 5.41) is 0. The molecule has 0 saturated heterocycles. The standard InChI is InChI=1S/C15H28O2/c1-11-7-12(9-15(5,6)8-11)17-10-13(16)14(2,3)4/h11-12H,7-10H2,1-6H3. The Hall–Kier alpha value is -0.370. The van der Waals surface area contributed by atoms with Crippen molar-refractivity contribution in [1.29, 1.82) is 0 Å². The lowest BCUT2D eigenvalue weighted by Crippen LogP contribution is -2.35. The summed E-state index contributed by atoms with van der Waals surface area (Å²) in [7, 11) is 0. The van der Waals surface area contributed by atoms with Crippen LogP contribution in [-0.4, -0.2) is 18.5 Å². The van der Waals surface area contributed by atoms with Gasteiger partial charge in [-0.1, -0.05) is 41.5 Å². The number of hydrogen-bond donors (Lipinski definition) is 0. The van der Waals surface area contributed by atoms with Gasteiger partial charge in [0.1, 0.15) is 6.61 Å². The van der Waals surface area contributed by atoms with Crippen molar-refractivity contribution in [2.45, 2.75) is 66.9 Å². The third-order valence-electron chi connectivity index (χ3n) is 3.63. The van der Waals surface area contributed by atoms with Crippen LogP contribution in [0.4, 0.5) is 0 Å². The van der Waals surface area contributed by atoms with E-state index < -0.39 is 0 Å². The molecule has 0 bridgehead atoms. The van der Waals surface area contributed by atoms with Crippen molar-refractivity contribution in [3.63, 3.8) is 0 Å². The molecule has 0 spiro atoms. The summed E-state index contributed by atoms with van der Waals surface area (Å²) in [5.74, 6) is 0.905. The van der Waals surface area contributed by atoms with E-state index in [1.54, 1.807) is 0 Å². The molecule has 1 fully saturated rings. The first-order chi connectivity index (χ1) is 7.60. The van der Waals surface area contributed by atoms with E-state index in [4.69, 9.17) is 4.74 Å². The van der Waals surface area contributed by atoms with Crippen molar-refractivity contribution in [2.75, 3.05) is 6.61 Å². The zero-order chi connectivity index (χ0) is 13.3. The molecule has 0 radical (unpaired) electrons. The quantitative estimate of drug-likeness (QED) is 0.749. The molecule has 2 heteroatoms. The molecule has 1 saturated carbocycles. The Bertz CT molecular complexity index is 273. The van der Waals surface area contributed by atoms with Crippen LogP contribution in [0, 0.1) is 16.7 Å². The first kappa shape index (κ1) is 14.7. The van der Waals surface area contributed by atoms with E-state index in [1.165, 1.54) is 6.42 Å². The number of rotatable bonds is 3. The average Bonchev–Trinajstić information content (AvgIpc) is 2.09. The highest BCUT2D eigenvalue weighted by Gasteiger charge is 2.33. The molecule has 2 unspecified atom stereocenters. The SMILES string of the molecule is CC1CC(OCC(=O)C(C)(C)C)CC(C)(C)C1. The van der Waals surface area contributed by atoms with Gasteiger partial charge in [-0.2, -0.15) is 0 Å². The number of Topliss-reactive ketones (excluding diaryl/α,β-unsaturated/α-hetero) is 1. The molecule has 2 nitrogen and oxygen atoms in total. The van der Waals surface area contributed by atoms with Gasteiger partial charge in [-0.3, -0.25) is 4.79 Å². The van der Waals surface area contributed by atoms with Gasteiger partial charge in [0.2, 0.25) is 0 Å². The molecule has 100 valence electrons. The number of ketones is 1. The Morgan fingerprint density at radius 2 is 1.88 bits per heavy atom. The molecule has 0 amide bonds. The lowest BCUT2D eigenvalue weighted by Gasteiger charge is -2.38. The second kappa shape index (κ2) is 5.09. The molecule has 0 heterocycles. The van der Waals surface area contributed by atoms with Gasteiger partial charge in [0.25, 0.3) is 0 Å². The van der Waals surface area contributed by atoms with Crippen LogP contribution in [0.3, 0.4) is 0 Å². The van der Waals surface area contributed by atoms with Gasteiger partial charge < -0.3 is 4.74 Å². The largest absolute Gasteiger partial charge is 0.370 e. The zero-order valence-electron chi connectivity index (χ0n) is 12.3. The van der Waals surface area contributed by atoms with Crippen molar-refractivity contribution >= 4 is 5.78 Å². The van der Waals surface area contributed by atoms with E-state index in [2.05, 4.69) is 20.8 Å². The molecule has 2 atom stereocenters. The highest BCUT2D eigenvalue weighted by Crippen LogP contribution is 2.39. The van der Waals surface area contributed by atoms with Gasteiger partial charge in [-0.25, -0.2) is 0 Å². The molecular weight excluding hydrogens is 212 g/mol. The normalized spacial score (nSPS) is 29.1. The minimum Gasteiger partial charge on any atom is -0.370 e.